The number of carbonyl (C=O) groups excluding carboxylic acids is 2. The van der Waals surface area contributed by atoms with Crippen molar-refractivity contribution in [2.75, 3.05) is 10.6 Å². The molecule has 0 atom stereocenters. The van der Waals surface area contributed by atoms with Crippen LogP contribution >= 0.6 is 23.1 Å². The fourth-order valence-corrected chi connectivity index (χ4v) is 5.42. The van der Waals surface area contributed by atoms with Gasteiger partial charge in [0.05, 0.1) is 5.69 Å². The summed E-state index contributed by atoms with van der Waals surface area (Å²) in [6, 6.07) is 2.89. The molecule has 4 rings (SSSR count). The number of nitrogens with one attached hydrogen (secondary N) is 3. The first-order valence-corrected chi connectivity index (χ1v) is 11.4. The second-order valence-electron chi connectivity index (χ2n) is 7.07. The van der Waals surface area contributed by atoms with Crippen LogP contribution in [0.25, 0.3) is 0 Å². The van der Waals surface area contributed by atoms with E-state index in [0.717, 1.165) is 60.9 Å². The van der Waals surface area contributed by atoms with E-state index in [9.17, 15) is 23.9 Å². The number of rotatable bonds is 7. The molecule has 4 N–H and O–H groups in total. The van der Waals surface area contributed by atoms with E-state index in [2.05, 4.69) is 25.6 Å². The summed E-state index contributed by atoms with van der Waals surface area (Å²) in [5.74, 6) is -2.19. The van der Waals surface area contributed by atoms with E-state index in [1.165, 1.54) is 12.3 Å². The number of thiazole rings is 1. The Hall–Kier alpha value is -3.25. The normalized spacial score (nSPS) is 13.8. The number of carboxylic acids is 1. The zero-order valence-corrected chi connectivity index (χ0v) is 18.2. The van der Waals surface area contributed by atoms with E-state index in [1.807, 2.05) is 0 Å². The first-order valence-electron chi connectivity index (χ1n) is 9.74. The number of carbonyl (C=O) groups is 3. The lowest BCUT2D eigenvalue weighted by Gasteiger charge is -2.14. The molecular formula is C20H18FN5O4S2. The first kappa shape index (κ1) is 22.0. The van der Waals surface area contributed by atoms with Gasteiger partial charge in [0.2, 0.25) is 0 Å². The number of nitrogens with zero attached hydrogens (tertiary/aromatic N) is 2. The molecule has 2 amide bonds. The van der Waals surface area contributed by atoms with Gasteiger partial charge in [-0.15, -0.1) is 0 Å². The van der Waals surface area contributed by atoms with Crippen LogP contribution in [0.4, 0.5) is 20.0 Å². The molecule has 1 saturated carbocycles. The summed E-state index contributed by atoms with van der Waals surface area (Å²) in [7, 11) is 0. The summed E-state index contributed by atoms with van der Waals surface area (Å²) in [4.78, 5) is 47.7. The van der Waals surface area contributed by atoms with Gasteiger partial charge < -0.3 is 15.4 Å². The molecule has 0 radical (unpaired) electrons. The summed E-state index contributed by atoms with van der Waals surface area (Å²) >= 11 is 2.04. The van der Waals surface area contributed by atoms with Crippen molar-refractivity contribution in [2.24, 2.45) is 5.92 Å². The SMILES string of the molecule is O=C(Nc1nc(C(=O)O)c(Sc2ncc[nH]2)s1)Nc1ccc(F)cc1C(=O)C1CCCC1. The molecule has 0 saturated heterocycles. The fourth-order valence-electron chi connectivity index (χ4n) is 3.45. The van der Waals surface area contributed by atoms with Crippen molar-refractivity contribution in [1.29, 1.82) is 0 Å². The molecule has 1 fully saturated rings. The van der Waals surface area contributed by atoms with E-state index in [0.29, 0.717) is 9.37 Å². The Morgan fingerprint density at radius 3 is 2.69 bits per heavy atom. The molecule has 166 valence electrons. The topological polar surface area (TPSA) is 137 Å². The Balaban J connectivity index is 1.50. The number of imidazole rings is 1. The lowest BCUT2D eigenvalue weighted by Crippen LogP contribution is -2.22. The predicted molar refractivity (Wildman–Crippen MR) is 117 cm³/mol. The van der Waals surface area contributed by atoms with Crippen LogP contribution in [-0.2, 0) is 0 Å². The number of urea groups is 1. The highest BCUT2D eigenvalue weighted by atomic mass is 32.2. The number of Topliss-reactive ketones (excluding diaryl/α,β-unsaturated/α-hetero) is 1. The maximum Gasteiger partial charge on any atom is 0.356 e. The quantitative estimate of drug-likeness (QED) is 0.358. The molecule has 2 aromatic heterocycles. The van der Waals surface area contributed by atoms with Gasteiger partial charge in [0, 0.05) is 23.9 Å². The minimum absolute atomic E-state index is 0.0553. The number of carboxylic acid groups (broad SMARTS) is 1. The monoisotopic (exact) mass is 475 g/mol. The van der Waals surface area contributed by atoms with Gasteiger partial charge >= 0.3 is 12.0 Å². The van der Waals surface area contributed by atoms with Crippen LogP contribution in [0.5, 0.6) is 0 Å². The van der Waals surface area contributed by atoms with Gasteiger partial charge in [0.15, 0.2) is 21.8 Å². The van der Waals surface area contributed by atoms with Crippen molar-refractivity contribution in [3.8, 4) is 0 Å². The number of hydrogen-bond acceptors (Lipinski definition) is 7. The summed E-state index contributed by atoms with van der Waals surface area (Å²) in [6.07, 6.45) is 6.52. The first-order chi connectivity index (χ1) is 15.4. The minimum atomic E-state index is -1.24. The average Bonchev–Trinajstić information content (AvgIpc) is 3.51. The summed E-state index contributed by atoms with van der Waals surface area (Å²) in [6.45, 7) is 0. The highest BCUT2D eigenvalue weighted by molar-refractivity contribution is 8.01. The third kappa shape index (κ3) is 4.97. The van der Waals surface area contributed by atoms with Crippen LogP contribution in [0.15, 0.2) is 40.0 Å². The number of hydrogen-bond donors (Lipinski definition) is 4. The van der Waals surface area contributed by atoms with Crippen LogP contribution in [0.2, 0.25) is 0 Å². The number of H-pyrrole nitrogens is 1. The van der Waals surface area contributed by atoms with Crippen LogP contribution in [0, 0.1) is 11.7 Å². The Morgan fingerprint density at radius 1 is 1.22 bits per heavy atom. The molecule has 0 unspecified atom stereocenters. The second-order valence-corrected chi connectivity index (χ2v) is 9.33. The maximum absolute atomic E-state index is 13.8. The smallest absolute Gasteiger partial charge is 0.356 e. The van der Waals surface area contributed by atoms with Crippen LogP contribution in [-0.4, -0.2) is 37.8 Å². The number of anilines is 2. The van der Waals surface area contributed by atoms with Gasteiger partial charge in [-0.3, -0.25) is 10.1 Å². The number of amides is 2. The highest BCUT2D eigenvalue weighted by Crippen LogP contribution is 2.36. The lowest BCUT2D eigenvalue weighted by molar-refractivity contribution is 0.0687. The molecular weight excluding hydrogens is 457 g/mol. The predicted octanol–water partition coefficient (Wildman–Crippen LogP) is 4.87. The van der Waals surface area contributed by atoms with Crippen molar-refractivity contribution < 1.29 is 23.9 Å². The van der Waals surface area contributed by atoms with Gasteiger partial charge in [-0.05, 0) is 42.8 Å². The third-order valence-electron chi connectivity index (χ3n) is 4.90. The van der Waals surface area contributed by atoms with E-state index in [-0.39, 0.29) is 33.8 Å². The Bertz CT molecular complexity index is 1160. The van der Waals surface area contributed by atoms with Crippen molar-refractivity contribution in [2.45, 2.75) is 35.0 Å². The van der Waals surface area contributed by atoms with Crippen LogP contribution in [0.3, 0.4) is 0 Å². The number of benzene rings is 1. The summed E-state index contributed by atoms with van der Waals surface area (Å²) in [5, 5.41) is 15.0. The molecule has 0 spiro atoms. The van der Waals surface area contributed by atoms with Crippen LogP contribution < -0.4 is 10.6 Å². The number of halogens is 1. The zero-order valence-electron chi connectivity index (χ0n) is 16.6. The Morgan fingerprint density at radius 2 is 2.00 bits per heavy atom. The highest BCUT2D eigenvalue weighted by Gasteiger charge is 2.27. The molecule has 9 nitrogen and oxygen atoms in total. The minimum Gasteiger partial charge on any atom is -0.476 e. The Labute approximate surface area is 189 Å². The average molecular weight is 476 g/mol. The van der Waals surface area contributed by atoms with Gasteiger partial charge in [-0.1, -0.05) is 24.2 Å². The molecule has 3 aromatic rings. The van der Waals surface area contributed by atoms with Crippen molar-refractivity contribution >= 4 is 51.7 Å². The summed E-state index contributed by atoms with van der Waals surface area (Å²) in [5.41, 5.74) is 0.0815. The number of aromatic amines is 1. The van der Waals surface area contributed by atoms with Gasteiger partial charge in [-0.2, -0.15) is 0 Å². The molecule has 1 aromatic carbocycles. The molecule has 0 bridgehead atoms. The molecule has 12 heteroatoms. The Kier molecular flexibility index (Phi) is 6.51. The number of aromatic nitrogens is 3. The van der Waals surface area contributed by atoms with Crippen molar-refractivity contribution in [1.82, 2.24) is 15.0 Å². The second kappa shape index (κ2) is 9.49. The van der Waals surface area contributed by atoms with E-state index in [4.69, 9.17) is 0 Å². The van der Waals surface area contributed by atoms with Gasteiger partial charge in [0.25, 0.3) is 0 Å². The van der Waals surface area contributed by atoms with Crippen molar-refractivity contribution in [3.63, 3.8) is 0 Å². The van der Waals surface area contributed by atoms with Crippen LogP contribution in [0.1, 0.15) is 46.5 Å². The zero-order chi connectivity index (χ0) is 22.7. The fraction of sp³-hybridized carbons (Fsp3) is 0.250. The standard InChI is InChI=1S/C20H18FN5O4S2/c21-11-5-6-13(12(9-11)15(27)10-3-1-2-4-10)24-18(30)26-20-25-14(16(28)29)17(32-20)31-19-22-7-8-23-19/h5-10H,1-4H2,(H,22,23)(H,28,29)(H2,24,25,26,30). The largest absolute Gasteiger partial charge is 0.476 e. The molecule has 2 heterocycles. The molecule has 1 aliphatic carbocycles. The van der Waals surface area contributed by atoms with E-state index in [1.54, 1.807) is 6.20 Å². The van der Waals surface area contributed by atoms with Gasteiger partial charge in [0.1, 0.15) is 10.0 Å². The maximum atomic E-state index is 13.8. The number of ketones is 1. The van der Waals surface area contributed by atoms with Crippen molar-refractivity contribution in [3.05, 3.63) is 47.7 Å². The molecule has 32 heavy (non-hydrogen) atoms. The molecule has 1 aliphatic rings. The van der Waals surface area contributed by atoms with E-state index >= 15 is 0 Å². The number of aromatic carboxylic acids is 1. The van der Waals surface area contributed by atoms with E-state index < -0.39 is 17.8 Å². The molecule has 0 aliphatic heterocycles. The van der Waals surface area contributed by atoms with Gasteiger partial charge in [-0.25, -0.2) is 23.9 Å². The third-order valence-corrected chi connectivity index (χ3v) is 6.96. The summed E-state index contributed by atoms with van der Waals surface area (Å²) < 4.78 is 14.1. The lowest BCUT2D eigenvalue weighted by atomic mass is 9.95.